The maximum absolute atomic E-state index is 2.46. The highest BCUT2D eigenvalue weighted by Crippen LogP contribution is 2.69. The van der Waals surface area contributed by atoms with Crippen LogP contribution in [0.1, 0.15) is 11.0 Å². The standard InChI is InChI=1S/C17H21NP2/c1-18(2)14-11-8-12-15-16(14)20(4)17(19(15)3)13-9-6-5-7-10-13/h5-12,17H,1-4H3. The molecule has 0 aromatic heterocycles. The molecule has 3 heteroatoms. The van der Waals surface area contributed by atoms with E-state index < -0.39 is 0 Å². The zero-order chi connectivity index (χ0) is 14.3. The second-order valence-corrected chi connectivity index (χ2v) is 10.4. The maximum Gasteiger partial charge on any atom is 0.0445 e. The Morgan fingerprint density at radius 2 is 1.55 bits per heavy atom. The molecule has 3 rings (SSSR count). The summed E-state index contributed by atoms with van der Waals surface area (Å²) in [5.41, 5.74) is 2.94. The second-order valence-electron chi connectivity index (χ2n) is 5.55. The summed E-state index contributed by atoms with van der Waals surface area (Å²) in [7, 11) is 4.09. The van der Waals surface area contributed by atoms with Gasteiger partial charge in [-0.2, -0.15) is 0 Å². The van der Waals surface area contributed by atoms with E-state index in [-0.39, 0.29) is 15.8 Å². The SMILES string of the molecule is CN(C)c1cccc2c1P(C)C(c1ccccc1)P2C. The summed E-state index contributed by atoms with van der Waals surface area (Å²) in [6.07, 6.45) is 0. The molecule has 104 valence electrons. The van der Waals surface area contributed by atoms with Crippen molar-refractivity contribution in [1.82, 2.24) is 0 Å². The molecule has 2 aromatic carbocycles. The summed E-state index contributed by atoms with van der Waals surface area (Å²) in [5.74, 6) is 0. The molecule has 0 radical (unpaired) electrons. The number of nitrogens with zero attached hydrogens (tertiary/aromatic N) is 1. The van der Waals surface area contributed by atoms with Crippen LogP contribution in [-0.2, 0) is 0 Å². The molecule has 0 amide bonds. The van der Waals surface area contributed by atoms with Crippen molar-refractivity contribution in [3.8, 4) is 0 Å². The minimum absolute atomic E-state index is 0.0988. The van der Waals surface area contributed by atoms with Crippen molar-refractivity contribution in [2.75, 3.05) is 32.3 Å². The normalized spacial score (nSPS) is 24.5. The zero-order valence-corrected chi connectivity index (χ0v) is 14.3. The summed E-state index contributed by atoms with van der Waals surface area (Å²) in [4.78, 5) is 2.27. The van der Waals surface area contributed by atoms with E-state index in [9.17, 15) is 0 Å². The maximum atomic E-state index is 2.46. The zero-order valence-electron chi connectivity index (χ0n) is 12.5. The van der Waals surface area contributed by atoms with Crippen LogP contribution in [0.25, 0.3) is 0 Å². The minimum Gasteiger partial charge on any atom is -0.377 e. The molecular formula is C17H21NP2. The molecule has 0 fully saturated rings. The van der Waals surface area contributed by atoms with Crippen molar-refractivity contribution in [3.63, 3.8) is 0 Å². The third kappa shape index (κ3) is 2.18. The average molecular weight is 301 g/mol. The molecule has 1 nitrogen and oxygen atoms in total. The number of hydrogen-bond acceptors (Lipinski definition) is 1. The lowest BCUT2D eigenvalue weighted by atomic mass is 10.2. The van der Waals surface area contributed by atoms with Crippen molar-refractivity contribution in [2.45, 2.75) is 5.40 Å². The van der Waals surface area contributed by atoms with Crippen LogP contribution < -0.4 is 15.5 Å². The summed E-state index contributed by atoms with van der Waals surface area (Å²) in [6, 6.07) is 17.9. The number of rotatable bonds is 2. The molecule has 20 heavy (non-hydrogen) atoms. The van der Waals surface area contributed by atoms with Gasteiger partial charge in [0.05, 0.1) is 0 Å². The lowest BCUT2D eigenvalue weighted by Crippen LogP contribution is -2.24. The molecule has 0 bridgehead atoms. The van der Waals surface area contributed by atoms with E-state index >= 15 is 0 Å². The Morgan fingerprint density at radius 1 is 0.850 bits per heavy atom. The first kappa shape index (κ1) is 14.1. The molecule has 0 spiro atoms. The number of fused-ring (bicyclic) bond motifs is 1. The quantitative estimate of drug-likeness (QED) is 0.760. The van der Waals surface area contributed by atoms with Gasteiger partial charge < -0.3 is 4.90 Å². The molecule has 1 heterocycles. The smallest absolute Gasteiger partial charge is 0.0445 e. The fourth-order valence-electron chi connectivity index (χ4n) is 3.11. The van der Waals surface area contributed by atoms with Crippen molar-refractivity contribution >= 4 is 32.1 Å². The topological polar surface area (TPSA) is 3.24 Å². The van der Waals surface area contributed by atoms with Gasteiger partial charge in [0.2, 0.25) is 0 Å². The van der Waals surface area contributed by atoms with Crippen LogP contribution in [-0.4, -0.2) is 27.4 Å². The number of hydrogen-bond donors (Lipinski definition) is 0. The first-order valence-corrected chi connectivity index (χ1v) is 10.6. The van der Waals surface area contributed by atoms with E-state index in [1.54, 1.807) is 10.6 Å². The predicted molar refractivity (Wildman–Crippen MR) is 94.9 cm³/mol. The molecule has 0 saturated carbocycles. The van der Waals surface area contributed by atoms with Gasteiger partial charge in [-0.1, -0.05) is 58.3 Å². The van der Waals surface area contributed by atoms with E-state index in [1.165, 1.54) is 11.3 Å². The Labute approximate surface area is 124 Å². The lowest BCUT2D eigenvalue weighted by molar-refractivity contribution is 1.14. The van der Waals surface area contributed by atoms with Gasteiger partial charge in [-0.3, -0.25) is 0 Å². The fourth-order valence-corrected chi connectivity index (χ4v) is 10.4. The first-order chi connectivity index (χ1) is 9.61. The largest absolute Gasteiger partial charge is 0.377 e. The molecule has 3 unspecified atom stereocenters. The van der Waals surface area contributed by atoms with Crippen LogP contribution in [0.3, 0.4) is 0 Å². The first-order valence-electron chi connectivity index (χ1n) is 6.92. The van der Waals surface area contributed by atoms with Crippen LogP contribution in [0.2, 0.25) is 0 Å². The van der Waals surface area contributed by atoms with Crippen LogP contribution in [0.4, 0.5) is 5.69 Å². The predicted octanol–water partition coefficient (Wildman–Crippen LogP) is 3.94. The molecule has 1 aliphatic heterocycles. The monoisotopic (exact) mass is 301 g/mol. The summed E-state index contributed by atoms with van der Waals surface area (Å²) in [5, 5.41) is 3.97. The lowest BCUT2D eigenvalue weighted by Gasteiger charge is -2.23. The molecule has 1 aliphatic rings. The van der Waals surface area contributed by atoms with Gasteiger partial charge in [-0.15, -0.1) is 0 Å². The van der Waals surface area contributed by atoms with E-state index in [1.807, 2.05) is 0 Å². The highest BCUT2D eigenvalue weighted by Gasteiger charge is 2.37. The van der Waals surface area contributed by atoms with Gasteiger partial charge in [-0.05, 0) is 30.3 Å². The Hall–Kier alpha value is -0.900. The van der Waals surface area contributed by atoms with E-state index in [2.05, 4.69) is 80.9 Å². The summed E-state index contributed by atoms with van der Waals surface area (Å²) < 4.78 is 0. The van der Waals surface area contributed by atoms with E-state index in [0.29, 0.717) is 0 Å². The Bertz CT molecular complexity index is 610. The van der Waals surface area contributed by atoms with Gasteiger partial charge in [0.1, 0.15) is 0 Å². The number of benzene rings is 2. The van der Waals surface area contributed by atoms with E-state index in [4.69, 9.17) is 0 Å². The van der Waals surface area contributed by atoms with Crippen LogP contribution in [0, 0.1) is 0 Å². The van der Waals surface area contributed by atoms with Crippen LogP contribution >= 0.6 is 15.8 Å². The van der Waals surface area contributed by atoms with E-state index in [0.717, 1.165) is 5.40 Å². The van der Waals surface area contributed by atoms with Crippen molar-refractivity contribution < 1.29 is 0 Å². The van der Waals surface area contributed by atoms with Crippen molar-refractivity contribution in [1.29, 1.82) is 0 Å². The van der Waals surface area contributed by atoms with Gasteiger partial charge in [0, 0.05) is 30.5 Å². The van der Waals surface area contributed by atoms with Crippen molar-refractivity contribution in [2.24, 2.45) is 0 Å². The highest BCUT2D eigenvalue weighted by atomic mass is 31.2. The fraction of sp³-hybridized carbons (Fsp3) is 0.294. The Balaban J connectivity index is 2.11. The van der Waals surface area contributed by atoms with Gasteiger partial charge >= 0.3 is 0 Å². The van der Waals surface area contributed by atoms with Crippen LogP contribution in [0.5, 0.6) is 0 Å². The summed E-state index contributed by atoms with van der Waals surface area (Å²) >= 11 is 0. The molecule has 2 aromatic rings. The third-order valence-corrected chi connectivity index (χ3v) is 10.7. The van der Waals surface area contributed by atoms with Crippen LogP contribution in [0.15, 0.2) is 48.5 Å². The average Bonchev–Trinajstić information content (AvgIpc) is 2.72. The minimum atomic E-state index is -0.126. The molecular weight excluding hydrogens is 280 g/mol. The highest BCUT2D eigenvalue weighted by molar-refractivity contribution is 7.87. The van der Waals surface area contributed by atoms with Gasteiger partial charge in [0.15, 0.2) is 0 Å². The third-order valence-electron chi connectivity index (χ3n) is 4.04. The van der Waals surface area contributed by atoms with Gasteiger partial charge in [-0.25, -0.2) is 0 Å². The molecule has 0 N–H and O–H groups in total. The number of anilines is 1. The second kappa shape index (κ2) is 5.47. The Morgan fingerprint density at radius 3 is 2.20 bits per heavy atom. The van der Waals surface area contributed by atoms with Crippen molar-refractivity contribution in [3.05, 3.63) is 54.1 Å². The molecule has 0 saturated heterocycles. The Kier molecular flexibility index (Phi) is 3.85. The summed E-state index contributed by atoms with van der Waals surface area (Å²) in [6.45, 7) is 4.92. The molecule has 0 aliphatic carbocycles. The molecule has 3 atom stereocenters. The van der Waals surface area contributed by atoms with Gasteiger partial charge in [0.25, 0.3) is 0 Å².